The van der Waals surface area contributed by atoms with Crippen LogP contribution in [0.25, 0.3) is 0 Å². The van der Waals surface area contributed by atoms with E-state index in [0.717, 1.165) is 7.11 Å². The first-order valence-corrected chi connectivity index (χ1v) is 4.58. The molecule has 98 valence electrons. The zero-order valence-corrected chi connectivity index (χ0v) is 9.09. The zero-order chi connectivity index (χ0) is 13.9. The number of carbonyl (C=O) groups is 1. The maximum atomic E-state index is 12.6. The summed E-state index contributed by atoms with van der Waals surface area (Å²) in [4.78, 5) is 23.8. The maximum absolute atomic E-state index is 12.6. The summed E-state index contributed by atoms with van der Waals surface area (Å²) >= 11 is 0. The van der Waals surface area contributed by atoms with Crippen molar-refractivity contribution in [1.29, 1.82) is 0 Å². The fraction of sp³-hybridized carbons (Fsp3) is 0.333. The van der Waals surface area contributed by atoms with E-state index in [2.05, 4.69) is 9.72 Å². The highest BCUT2D eigenvalue weighted by molar-refractivity contribution is 5.73. The average molecular weight is 262 g/mol. The molecule has 1 heterocycles. The molecule has 0 fully saturated rings. The molecule has 0 saturated heterocycles. The zero-order valence-electron chi connectivity index (χ0n) is 9.09. The van der Waals surface area contributed by atoms with E-state index in [1.807, 2.05) is 0 Å². The first-order chi connectivity index (χ1) is 8.38. The Kier molecular flexibility index (Phi) is 4.08. The molecule has 0 radical (unpaired) electrons. The van der Waals surface area contributed by atoms with Gasteiger partial charge < -0.3 is 9.84 Å². The lowest BCUT2D eigenvalue weighted by molar-refractivity contribution is -0.386. The molecule has 0 spiro atoms. The maximum Gasteiger partial charge on any atom is 0.311 e. The van der Waals surface area contributed by atoms with E-state index < -0.39 is 46.4 Å². The fourth-order valence-electron chi connectivity index (χ4n) is 1.25. The van der Waals surface area contributed by atoms with E-state index in [9.17, 15) is 28.8 Å². The molecule has 18 heavy (non-hydrogen) atoms. The van der Waals surface area contributed by atoms with Crippen molar-refractivity contribution in [3.8, 4) is 5.75 Å². The molecule has 0 bridgehead atoms. The molecular formula is C9H8F2N2O5. The van der Waals surface area contributed by atoms with E-state index in [-0.39, 0.29) is 0 Å². The number of aromatic hydroxyl groups is 1. The van der Waals surface area contributed by atoms with Crippen molar-refractivity contribution in [3.63, 3.8) is 0 Å². The van der Waals surface area contributed by atoms with Gasteiger partial charge in [-0.25, -0.2) is 13.8 Å². The van der Waals surface area contributed by atoms with Gasteiger partial charge in [0.15, 0.2) is 5.75 Å². The van der Waals surface area contributed by atoms with Crippen LogP contribution >= 0.6 is 0 Å². The third-order valence-electron chi connectivity index (χ3n) is 2.10. The van der Waals surface area contributed by atoms with Crippen molar-refractivity contribution in [3.05, 3.63) is 27.6 Å². The molecule has 7 nitrogen and oxygen atoms in total. The highest BCUT2D eigenvalue weighted by atomic mass is 19.3. The Hall–Kier alpha value is -2.32. The van der Waals surface area contributed by atoms with Gasteiger partial charge in [-0.15, -0.1) is 0 Å². The molecule has 0 aliphatic rings. The predicted octanol–water partition coefficient (Wildman–Crippen LogP) is 1.35. The van der Waals surface area contributed by atoms with Gasteiger partial charge >= 0.3 is 5.97 Å². The molecule has 1 aromatic rings. The normalized spacial score (nSPS) is 10.4. The minimum absolute atomic E-state index is 0.400. The highest BCUT2D eigenvalue weighted by Gasteiger charge is 2.29. The van der Waals surface area contributed by atoms with Crippen LogP contribution in [-0.4, -0.2) is 28.1 Å². The van der Waals surface area contributed by atoms with E-state index in [1.54, 1.807) is 0 Å². The Balaban J connectivity index is 3.30. The standard InChI is InChI=1S/C9H8F2N2O5/c1-18-6(14)2-4-8(15)7(9(10)11)5(3-12-4)13(16)17/h3,9,15H,2H2,1H3. The third-order valence-corrected chi connectivity index (χ3v) is 2.10. The second kappa shape index (κ2) is 5.34. The van der Waals surface area contributed by atoms with Gasteiger partial charge in [0.2, 0.25) is 0 Å². The van der Waals surface area contributed by atoms with Crippen molar-refractivity contribution in [2.75, 3.05) is 7.11 Å². The molecule has 1 rings (SSSR count). The summed E-state index contributed by atoms with van der Waals surface area (Å²) in [7, 11) is 1.07. The molecule has 0 atom stereocenters. The molecular weight excluding hydrogens is 254 g/mol. The summed E-state index contributed by atoms with van der Waals surface area (Å²) in [6.45, 7) is 0. The summed E-state index contributed by atoms with van der Waals surface area (Å²) in [5.74, 6) is -1.88. The average Bonchev–Trinajstić information content (AvgIpc) is 2.30. The van der Waals surface area contributed by atoms with E-state index in [0.29, 0.717) is 6.20 Å². The third kappa shape index (κ3) is 2.67. The first-order valence-electron chi connectivity index (χ1n) is 4.58. The number of halogens is 2. The number of hydrogen-bond acceptors (Lipinski definition) is 6. The van der Waals surface area contributed by atoms with Crippen molar-refractivity contribution in [1.82, 2.24) is 4.98 Å². The fourth-order valence-corrected chi connectivity index (χ4v) is 1.25. The summed E-state index contributed by atoms with van der Waals surface area (Å²) in [6, 6.07) is 0. The summed E-state index contributed by atoms with van der Waals surface area (Å²) in [5, 5.41) is 20.0. The molecule has 0 unspecified atom stereocenters. The van der Waals surface area contributed by atoms with Gasteiger partial charge in [0.05, 0.1) is 24.1 Å². The summed E-state index contributed by atoms with van der Waals surface area (Å²) < 4.78 is 29.6. The molecule has 0 saturated carbocycles. The smallest absolute Gasteiger partial charge is 0.311 e. The molecule has 1 N–H and O–H groups in total. The quantitative estimate of drug-likeness (QED) is 0.499. The number of rotatable bonds is 4. The Morgan fingerprint density at radius 3 is 2.72 bits per heavy atom. The first kappa shape index (κ1) is 13.7. The Morgan fingerprint density at radius 2 is 2.28 bits per heavy atom. The van der Waals surface area contributed by atoms with Crippen LogP contribution < -0.4 is 0 Å². The number of ether oxygens (including phenoxy) is 1. The number of methoxy groups -OCH3 is 1. The van der Waals surface area contributed by atoms with Crippen molar-refractivity contribution < 1.29 is 28.3 Å². The van der Waals surface area contributed by atoms with Gasteiger partial charge in [-0.05, 0) is 0 Å². The molecule has 1 aromatic heterocycles. The number of esters is 1. The monoisotopic (exact) mass is 262 g/mol. The van der Waals surface area contributed by atoms with Crippen LogP contribution in [-0.2, 0) is 16.0 Å². The summed E-state index contributed by atoms with van der Waals surface area (Å²) in [6.07, 6.45) is -3.25. The number of aromatic nitrogens is 1. The number of hydrogen-bond donors (Lipinski definition) is 1. The topological polar surface area (TPSA) is 103 Å². The van der Waals surface area contributed by atoms with Crippen LogP contribution in [0.4, 0.5) is 14.5 Å². The van der Waals surface area contributed by atoms with Gasteiger partial charge in [0, 0.05) is 0 Å². The van der Waals surface area contributed by atoms with Gasteiger partial charge in [-0.3, -0.25) is 14.9 Å². The number of carbonyl (C=O) groups excluding carboxylic acids is 1. The van der Waals surface area contributed by atoms with E-state index in [1.165, 1.54) is 0 Å². The SMILES string of the molecule is COC(=O)Cc1ncc([N+](=O)[O-])c(C(F)F)c1O. The van der Waals surface area contributed by atoms with Gasteiger partial charge in [0.25, 0.3) is 12.1 Å². The van der Waals surface area contributed by atoms with Crippen LogP contribution in [0.3, 0.4) is 0 Å². The lowest BCUT2D eigenvalue weighted by atomic mass is 10.1. The molecule has 0 amide bonds. The van der Waals surface area contributed by atoms with Gasteiger partial charge in [-0.1, -0.05) is 0 Å². The minimum atomic E-state index is -3.26. The second-order valence-electron chi connectivity index (χ2n) is 3.16. The number of nitro groups is 1. The van der Waals surface area contributed by atoms with Crippen molar-refractivity contribution >= 4 is 11.7 Å². The van der Waals surface area contributed by atoms with Gasteiger partial charge in [-0.2, -0.15) is 0 Å². The molecule has 0 aliphatic heterocycles. The Labute approximate surface area is 99.2 Å². The largest absolute Gasteiger partial charge is 0.505 e. The Bertz CT molecular complexity index is 492. The summed E-state index contributed by atoms with van der Waals surface area (Å²) in [5.41, 5.74) is -2.56. The van der Waals surface area contributed by atoms with E-state index >= 15 is 0 Å². The minimum Gasteiger partial charge on any atom is -0.505 e. The van der Waals surface area contributed by atoms with Crippen LogP contribution in [0.2, 0.25) is 0 Å². The van der Waals surface area contributed by atoms with Crippen LogP contribution in [0, 0.1) is 10.1 Å². The second-order valence-corrected chi connectivity index (χ2v) is 3.16. The van der Waals surface area contributed by atoms with Crippen LogP contribution in [0.1, 0.15) is 17.7 Å². The number of alkyl halides is 2. The Morgan fingerprint density at radius 1 is 1.67 bits per heavy atom. The van der Waals surface area contributed by atoms with Crippen LogP contribution in [0.15, 0.2) is 6.20 Å². The molecule has 0 aliphatic carbocycles. The molecule has 0 aromatic carbocycles. The lowest BCUT2D eigenvalue weighted by Gasteiger charge is -2.08. The van der Waals surface area contributed by atoms with Gasteiger partial charge in [0.1, 0.15) is 11.8 Å². The van der Waals surface area contributed by atoms with Crippen LogP contribution in [0.5, 0.6) is 5.75 Å². The highest BCUT2D eigenvalue weighted by Crippen LogP contribution is 2.37. The molecule has 9 heteroatoms. The predicted molar refractivity (Wildman–Crippen MR) is 53.2 cm³/mol. The number of pyridine rings is 1. The number of nitrogens with zero attached hydrogens (tertiary/aromatic N) is 2. The van der Waals surface area contributed by atoms with Crippen molar-refractivity contribution in [2.24, 2.45) is 0 Å². The van der Waals surface area contributed by atoms with E-state index in [4.69, 9.17) is 0 Å². The lowest BCUT2D eigenvalue weighted by Crippen LogP contribution is -2.08. The van der Waals surface area contributed by atoms with Crippen molar-refractivity contribution in [2.45, 2.75) is 12.8 Å².